The number of nitrogens with one attached hydrogen (secondary N) is 3. The first-order valence-corrected chi connectivity index (χ1v) is 9.39. The van der Waals surface area contributed by atoms with E-state index in [1.165, 1.54) is 6.07 Å². The van der Waals surface area contributed by atoms with Crippen LogP contribution in [-0.4, -0.2) is 40.0 Å². The van der Waals surface area contributed by atoms with Crippen LogP contribution in [0.4, 0.5) is 0 Å². The summed E-state index contributed by atoms with van der Waals surface area (Å²) in [4.78, 5) is 11.9. The Morgan fingerprint density at radius 2 is 2.38 bits per heavy atom. The van der Waals surface area contributed by atoms with E-state index >= 15 is 0 Å². The van der Waals surface area contributed by atoms with Gasteiger partial charge in [0, 0.05) is 6.54 Å². The van der Waals surface area contributed by atoms with Crippen molar-refractivity contribution in [1.29, 1.82) is 0 Å². The lowest BCUT2D eigenvalue weighted by Gasteiger charge is -2.15. The number of hydrogen-bond donors (Lipinski definition) is 3. The van der Waals surface area contributed by atoms with Crippen LogP contribution >= 0.6 is 11.3 Å². The third-order valence-corrected chi connectivity index (χ3v) is 6.44. The minimum Gasteiger partial charge on any atom is -0.355 e. The van der Waals surface area contributed by atoms with Gasteiger partial charge in [0.2, 0.25) is 5.91 Å². The zero-order chi connectivity index (χ0) is 15.3. The average molecular weight is 331 g/mol. The van der Waals surface area contributed by atoms with Gasteiger partial charge in [-0.1, -0.05) is 6.07 Å². The molecular weight excluding hydrogens is 310 g/mol. The molecule has 1 aliphatic rings. The van der Waals surface area contributed by atoms with Crippen molar-refractivity contribution in [2.45, 2.75) is 30.0 Å². The molecule has 1 aromatic heterocycles. The van der Waals surface area contributed by atoms with Crippen molar-refractivity contribution in [3.63, 3.8) is 0 Å². The van der Waals surface area contributed by atoms with Gasteiger partial charge >= 0.3 is 0 Å². The van der Waals surface area contributed by atoms with Gasteiger partial charge in [0.15, 0.2) is 0 Å². The number of hydrogen-bond acceptors (Lipinski definition) is 5. The van der Waals surface area contributed by atoms with Crippen LogP contribution in [0.25, 0.3) is 0 Å². The Labute approximate surface area is 129 Å². The van der Waals surface area contributed by atoms with Crippen LogP contribution in [-0.2, 0) is 14.8 Å². The molecule has 0 radical (unpaired) electrons. The second kappa shape index (κ2) is 7.35. The van der Waals surface area contributed by atoms with Gasteiger partial charge < -0.3 is 10.6 Å². The van der Waals surface area contributed by atoms with Crippen molar-refractivity contribution in [3.8, 4) is 0 Å². The van der Waals surface area contributed by atoms with Crippen molar-refractivity contribution in [2.24, 2.45) is 5.92 Å². The Morgan fingerprint density at radius 3 is 3.00 bits per heavy atom. The fourth-order valence-corrected chi connectivity index (χ4v) is 4.49. The van der Waals surface area contributed by atoms with E-state index in [2.05, 4.69) is 15.4 Å². The summed E-state index contributed by atoms with van der Waals surface area (Å²) in [5.41, 5.74) is 0. The van der Waals surface area contributed by atoms with Crippen LogP contribution in [0.3, 0.4) is 0 Å². The smallest absolute Gasteiger partial charge is 0.250 e. The summed E-state index contributed by atoms with van der Waals surface area (Å²) in [6.45, 7) is 4.17. The molecule has 2 rings (SSSR count). The standard InChI is InChI=1S/C13H21N3O3S2/c1-10(16-21(18,19)12-3-2-8-20-12)13(17)15-7-5-11-4-6-14-9-11/h2-3,8,10-11,14,16H,4-7,9H2,1H3,(H,15,17). The minimum absolute atomic E-state index is 0.221. The first-order chi connectivity index (χ1) is 9.99. The second-order valence-electron chi connectivity index (χ2n) is 5.21. The SMILES string of the molecule is CC(NS(=O)(=O)c1cccs1)C(=O)NCCC1CCNC1. The van der Waals surface area contributed by atoms with Gasteiger partial charge in [-0.3, -0.25) is 4.79 Å². The summed E-state index contributed by atoms with van der Waals surface area (Å²) in [5.74, 6) is 0.310. The zero-order valence-electron chi connectivity index (χ0n) is 12.0. The fourth-order valence-electron chi connectivity index (χ4n) is 2.27. The van der Waals surface area contributed by atoms with Crippen LogP contribution in [0.2, 0.25) is 0 Å². The monoisotopic (exact) mass is 331 g/mol. The van der Waals surface area contributed by atoms with Gasteiger partial charge in [-0.05, 0) is 50.2 Å². The quantitative estimate of drug-likeness (QED) is 0.680. The molecule has 8 heteroatoms. The highest BCUT2D eigenvalue weighted by Crippen LogP contribution is 2.15. The third kappa shape index (κ3) is 4.77. The molecule has 2 heterocycles. The lowest BCUT2D eigenvalue weighted by molar-refractivity contribution is -0.122. The molecular formula is C13H21N3O3S2. The van der Waals surface area contributed by atoms with Crippen molar-refractivity contribution in [1.82, 2.24) is 15.4 Å². The van der Waals surface area contributed by atoms with Gasteiger partial charge in [0.05, 0.1) is 6.04 Å². The number of rotatable bonds is 7. The van der Waals surface area contributed by atoms with Gasteiger partial charge in [-0.15, -0.1) is 11.3 Å². The van der Waals surface area contributed by atoms with Crippen LogP contribution in [0.15, 0.2) is 21.7 Å². The number of thiophene rings is 1. The third-order valence-electron chi connectivity index (χ3n) is 3.50. The van der Waals surface area contributed by atoms with E-state index in [4.69, 9.17) is 0 Å². The molecule has 1 fully saturated rings. The molecule has 1 aliphatic heterocycles. The largest absolute Gasteiger partial charge is 0.355 e. The number of amides is 1. The topological polar surface area (TPSA) is 87.3 Å². The van der Waals surface area contributed by atoms with E-state index in [0.717, 1.165) is 37.3 Å². The van der Waals surface area contributed by atoms with E-state index in [-0.39, 0.29) is 10.1 Å². The minimum atomic E-state index is -3.60. The van der Waals surface area contributed by atoms with Crippen LogP contribution in [0.1, 0.15) is 19.8 Å². The molecule has 6 nitrogen and oxygen atoms in total. The molecule has 2 atom stereocenters. The van der Waals surface area contributed by atoms with E-state index < -0.39 is 16.1 Å². The Kier molecular flexibility index (Phi) is 5.74. The fraction of sp³-hybridized carbons (Fsp3) is 0.615. The molecule has 1 saturated heterocycles. The normalized spacial score (nSPS) is 20.3. The zero-order valence-corrected chi connectivity index (χ0v) is 13.6. The predicted molar refractivity (Wildman–Crippen MR) is 82.7 cm³/mol. The Balaban J connectivity index is 1.77. The summed E-state index contributed by atoms with van der Waals surface area (Å²) < 4.78 is 26.6. The van der Waals surface area contributed by atoms with E-state index in [0.29, 0.717) is 12.5 Å². The van der Waals surface area contributed by atoms with Gasteiger partial charge in [0.1, 0.15) is 4.21 Å². The molecule has 0 spiro atoms. The molecule has 0 aromatic carbocycles. The molecule has 0 aliphatic carbocycles. The molecule has 1 aromatic rings. The van der Waals surface area contributed by atoms with Crippen LogP contribution in [0, 0.1) is 5.92 Å². The Hall–Kier alpha value is -0.960. The van der Waals surface area contributed by atoms with Gasteiger partial charge in [-0.2, -0.15) is 4.72 Å². The van der Waals surface area contributed by atoms with Crippen LogP contribution in [0.5, 0.6) is 0 Å². The summed E-state index contributed by atoms with van der Waals surface area (Å²) in [6.07, 6.45) is 2.06. The Morgan fingerprint density at radius 1 is 1.57 bits per heavy atom. The number of carbonyl (C=O) groups is 1. The van der Waals surface area contributed by atoms with Crippen LogP contribution < -0.4 is 15.4 Å². The van der Waals surface area contributed by atoms with E-state index in [9.17, 15) is 13.2 Å². The highest BCUT2D eigenvalue weighted by Gasteiger charge is 2.22. The predicted octanol–water partition coefficient (Wildman–Crippen LogP) is 0.531. The molecule has 1 amide bonds. The van der Waals surface area contributed by atoms with Crippen molar-refractivity contribution in [2.75, 3.05) is 19.6 Å². The maximum Gasteiger partial charge on any atom is 0.250 e. The first kappa shape index (κ1) is 16.4. The lowest BCUT2D eigenvalue weighted by atomic mass is 10.1. The highest BCUT2D eigenvalue weighted by molar-refractivity contribution is 7.91. The van der Waals surface area contributed by atoms with E-state index in [1.807, 2.05) is 0 Å². The van der Waals surface area contributed by atoms with Gasteiger partial charge in [0.25, 0.3) is 10.0 Å². The molecule has 0 saturated carbocycles. The summed E-state index contributed by atoms with van der Waals surface area (Å²) in [5, 5.41) is 7.75. The Bertz CT molecular complexity index is 551. The summed E-state index contributed by atoms with van der Waals surface area (Å²) in [6, 6.07) is 2.41. The molecule has 118 valence electrons. The number of sulfonamides is 1. The summed E-state index contributed by atoms with van der Waals surface area (Å²) >= 11 is 1.13. The van der Waals surface area contributed by atoms with Crippen molar-refractivity contribution < 1.29 is 13.2 Å². The second-order valence-corrected chi connectivity index (χ2v) is 8.10. The van der Waals surface area contributed by atoms with Crippen molar-refractivity contribution >= 4 is 27.3 Å². The average Bonchev–Trinajstić information content (AvgIpc) is 3.11. The van der Waals surface area contributed by atoms with Crippen molar-refractivity contribution in [3.05, 3.63) is 17.5 Å². The molecule has 0 bridgehead atoms. The number of carbonyl (C=O) groups excluding carboxylic acids is 1. The van der Waals surface area contributed by atoms with E-state index in [1.54, 1.807) is 18.4 Å². The molecule has 2 unspecified atom stereocenters. The molecule has 3 N–H and O–H groups in total. The first-order valence-electron chi connectivity index (χ1n) is 7.03. The molecule has 21 heavy (non-hydrogen) atoms. The highest BCUT2D eigenvalue weighted by atomic mass is 32.2. The maximum atomic E-state index is 12.0. The summed E-state index contributed by atoms with van der Waals surface area (Å²) in [7, 11) is -3.60. The van der Waals surface area contributed by atoms with Gasteiger partial charge in [-0.25, -0.2) is 8.42 Å². The maximum absolute atomic E-state index is 12.0. The lowest BCUT2D eigenvalue weighted by Crippen LogP contribution is -2.45.